The summed E-state index contributed by atoms with van der Waals surface area (Å²) in [5, 5.41) is 25.6. The quantitative estimate of drug-likeness (QED) is 0.203. The highest BCUT2D eigenvalue weighted by Gasteiger charge is 2.30. The molecule has 2 atom stereocenters. The van der Waals surface area contributed by atoms with Gasteiger partial charge < -0.3 is 15.5 Å². The highest BCUT2D eigenvalue weighted by molar-refractivity contribution is 6.17. The van der Waals surface area contributed by atoms with E-state index in [0.29, 0.717) is 23.5 Å². The number of nitrogens with one attached hydrogen (secondary N) is 1. The van der Waals surface area contributed by atoms with Gasteiger partial charge in [-0.05, 0) is 54.8 Å². The van der Waals surface area contributed by atoms with Crippen LogP contribution in [0.2, 0.25) is 0 Å². The van der Waals surface area contributed by atoms with E-state index in [2.05, 4.69) is 10.2 Å². The lowest BCUT2D eigenvalue weighted by Gasteiger charge is -2.26. The maximum atomic E-state index is 13.1. The molecule has 0 unspecified atom stereocenters. The van der Waals surface area contributed by atoms with Crippen LogP contribution in [0.4, 0.5) is 5.69 Å². The van der Waals surface area contributed by atoms with Gasteiger partial charge in [-0.25, -0.2) is 4.79 Å². The summed E-state index contributed by atoms with van der Waals surface area (Å²) in [6.07, 6.45) is 3.61. The molecule has 1 amide bonds. The number of aliphatic hydroxyl groups excluding tert-OH is 1. The number of para-hydroxylation sites is 1. The molecule has 0 aliphatic carbocycles. The fraction of sp³-hybridized carbons (Fsp3) is 0.286. The van der Waals surface area contributed by atoms with Crippen LogP contribution in [-0.4, -0.2) is 65.0 Å². The molecular weight excluding hydrogens is 526 g/mol. The third kappa shape index (κ3) is 7.11. The second kappa shape index (κ2) is 14.0. The Morgan fingerprint density at radius 1 is 0.833 bits per heavy atom. The van der Waals surface area contributed by atoms with Crippen molar-refractivity contribution in [2.45, 2.75) is 37.6 Å². The molecule has 0 aromatic heterocycles. The lowest BCUT2D eigenvalue weighted by molar-refractivity contribution is -0.139. The fourth-order valence-electron chi connectivity index (χ4n) is 5.75. The number of piperidine rings is 1. The van der Waals surface area contributed by atoms with Crippen molar-refractivity contribution in [1.82, 2.24) is 4.90 Å². The molecule has 0 radical (unpaired) electrons. The largest absolute Gasteiger partial charge is 0.480 e. The number of aliphatic imine (C=N–C) groups is 1. The summed E-state index contributed by atoms with van der Waals surface area (Å²) < 4.78 is 0. The molecule has 0 bridgehead atoms. The number of anilines is 1. The molecule has 216 valence electrons. The topological polar surface area (TPSA) is 102 Å². The average molecular weight is 564 g/mol. The van der Waals surface area contributed by atoms with E-state index in [0.717, 1.165) is 47.8 Å². The van der Waals surface area contributed by atoms with Gasteiger partial charge in [0.05, 0.1) is 17.9 Å². The van der Waals surface area contributed by atoms with Crippen molar-refractivity contribution < 1.29 is 19.8 Å². The van der Waals surface area contributed by atoms with Crippen LogP contribution in [0.15, 0.2) is 102 Å². The number of carboxylic acids is 1. The van der Waals surface area contributed by atoms with E-state index in [4.69, 9.17) is 4.99 Å². The second-order valence-electron chi connectivity index (χ2n) is 10.8. The lowest BCUT2D eigenvalue weighted by Crippen LogP contribution is -2.37. The first-order valence-corrected chi connectivity index (χ1v) is 14.6. The monoisotopic (exact) mass is 563 g/mol. The number of likely N-dealkylation sites (tertiary alicyclic amines) is 1. The normalized spacial score (nSPS) is 15.7. The molecule has 0 spiro atoms. The Kier molecular flexibility index (Phi) is 9.74. The number of amides is 1. The van der Waals surface area contributed by atoms with Gasteiger partial charge in [0.15, 0.2) is 6.04 Å². The SMILES string of the molecule is O=C(CN1CCCCC1)Nc1ccccc1C(=N[C@@H](C(=O)O)[C@@H](CCO)c1ccc2ccccc2c1)c1ccccc1. The zero-order valence-corrected chi connectivity index (χ0v) is 23.7. The predicted molar refractivity (Wildman–Crippen MR) is 167 cm³/mol. The van der Waals surface area contributed by atoms with Crippen LogP contribution in [0, 0.1) is 0 Å². The third-order valence-corrected chi connectivity index (χ3v) is 7.86. The van der Waals surface area contributed by atoms with Gasteiger partial charge >= 0.3 is 5.97 Å². The fourth-order valence-corrected chi connectivity index (χ4v) is 5.75. The van der Waals surface area contributed by atoms with Gasteiger partial charge in [0.25, 0.3) is 0 Å². The van der Waals surface area contributed by atoms with Crippen LogP contribution in [-0.2, 0) is 9.59 Å². The number of hydrogen-bond acceptors (Lipinski definition) is 5. The van der Waals surface area contributed by atoms with Gasteiger partial charge in [0.2, 0.25) is 5.91 Å². The summed E-state index contributed by atoms with van der Waals surface area (Å²) >= 11 is 0. The van der Waals surface area contributed by atoms with Crippen LogP contribution in [0.3, 0.4) is 0 Å². The highest BCUT2D eigenvalue weighted by Crippen LogP contribution is 2.31. The Morgan fingerprint density at radius 3 is 2.26 bits per heavy atom. The lowest BCUT2D eigenvalue weighted by atomic mass is 9.87. The Hall–Kier alpha value is -4.33. The third-order valence-electron chi connectivity index (χ3n) is 7.86. The van der Waals surface area contributed by atoms with E-state index in [9.17, 15) is 19.8 Å². The Bertz CT molecular complexity index is 1550. The van der Waals surface area contributed by atoms with Crippen molar-refractivity contribution >= 4 is 34.0 Å². The van der Waals surface area contributed by atoms with Crippen molar-refractivity contribution in [3.8, 4) is 0 Å². The molecule has 1 heterocycles. The predicted octanol–water partition coefficient (Wildman–Crippen LogP) is 5.72. The highest BCUT2D eigenvalue weighted by atomic mass is 16.4. The summed E-state index contributed by atoms with van der Waals surface area (Å²) in [4.78, 5) is 33.0. The van der Waals surface area contributed by atoms with E-state index in [1.54, 1.807) is 0 Å². The van der Waals surface area contributed by atoms with Crippen molar-refractivity contribution in [3.05, 3.63) is 114 Å². The molecule has 1 fully saturated rings. The summed E-state index contributed by atoms with van der Waals surface area (Å²) in [7, 11) is 0. The number of nitrogens with zero attached hydrogens (tertiary/aromatic N) is 2. The van der Waals surface area contributed by atoms with Crippen molar-refractivity contribution in [2.75, 3.05) is 31.6 Å². The Morgan fingerprint density at radius 2 is 1.52 bits per heavy atom. The van der Waals surface area contributed by atoms with Crippen LogP contribution in [0.1, 0.15) is 48.3 Å². The van der Waals surface area contributed by atoms with E-state index < -0.39 is 17.9 Å². The molecule has 7 heteroatoms. The first-order valence-electron chi connectivity index (χ1n) is 14.6. The molecule has 3 N–H and O–H groups in total. The average Bonchev–Trinajstić information content (AvgIpc) is 3.02. The van der Waals surface area contributed by atoms with Gasteiger partial charge in [-0.3, -0.25) is 14.7 Å². The minimum atomic E-state index is -1.18. The summed E-state index contributed by atoms with van der Waals surface area (Å²) in [6, 6.07) is 29.5. The minimum Gasteiger partial charge on any atom is -0.480 e. The van der Waals surface area contributed by atoms with Crippen LogP contribution >= 0.6 is 0 Å². The first kappa shape index (κ1) is 29.2. The maximum Gasteiger partial charge on any atom is 0.329 e. The smallest absolute Gasteiger partial charge is 0.329 e. The first-order chi connectivity index (χ1) is 20.5. The van der Waals surface area contributed by atoms with Crippen molar-refractivity contribution in [2.24, 2.45) is 4.99 Å². The van der Waals surface area contributed by atoms with Crippen LogP contribution in [0.25, 0.3) is 10.8 Å². The van der Waals surface area contributed by atoms with Gasteiger partial charge in [0.1, 0.15) is 0 Å². The van der Waals surface area contributed by atoms with Crippen LogP contribution in [0.5, 0.6) is 0 Å². The molecule has 5 rings (SSSR count). The summed E-state index contributed by atoms with van der Waals surface area (Å²) in [5.74, 6) is -1.76. The zero-order valence-electron chi connectivity index (χ0n) is 23.7. The summed E-state index contributed by atoms with van der Waals surface area (Å²) in [6.45, 7) is 1.95. The van der Waals surface area contributed by atoms with E-state index >= 15 is 0 Å². The number of fused-ring (bicyclic) bond motifs is 1. The molecule has 0 saturated carbocycles. The number of hydrogen-bond donors (Lipinski definition) is 3. The van der Waals surface area contributed by atoms with E-state index in [1.165, 1.54) is 6.42 Å². The van der Waals surface area contributed by atoms with Gasteiger partial charge in [-0.2, -0.15) is 0 Å². The molecule has 4 aromatic carbocycles. The number of carbonyl (C=O) groups excluding carboxylic acids is 1. The number of carbonyl (C=O) groups is 2. The number of rotatable bonds is 11. The molecule has 1 aliphatic rings. The Balaban J connectivity index is 1.55. The Labute approximate surface area is 246 Å². The number of benzene rings is 4. The van der Waals surface area contributed by atoms with Crippen molar-refractivity contribution in [1.29, 1.82) is 0 Å². The van der Waals surface area contributed by atoms with Gasteiger partial charge in [0, 0.05) is 23.7 Å². The number of aliphatic carboxylic acids is 1. The standard InChI is InChI=1S/C35H37N3O4/c39-22-19-29(28-18-17-25-11-5-6-14-27(25)23-28)34(35(41)42)37-33(26-12-3-1-4-13-26)30-15-7-8-16-31(30)36-32(40)24-38-20-9-2-10-21-38/h1,3-8,11-18,23,29,34,39H,2,9-10,19-22,24H2,(H,36,40)(H,41,42)/t29-,34+/m0/s1. The van der Waals surface area contributed by atoms with E-state index in [-0.39, 0.29) is 18.9 Å². The zero-order chi connectivity index (χ0) is 29.3. The molecular formula is C35H37N3O4. The molecule has 1 saturated heterocycles. The molecule has 1 aliphatic heterocycles. The van der Waals surface area contributed by atoms with E-state index in [1.807, 2.05) is 97.1 Å². The number of carboxylic acid groups (broad SMARTS) is 1. The minimum absolute atomic E-state index is 0.110. The maximum absolute atomic E-state index is 13.1. The van der Waals surface area contributed by atoms with Crippen LogP contribution < -0.4 is 5.32 Å². The molecule has 4 aromatic rings. The summed E-state index contributed by atoms with van der Waals surface area (Å²) in [5.41, 5.74) is 3.23. The van der Waals surface area contributed by atoms with Gasteiger partial charge in [-0.15, -0.1) is 0 Å². The number of aliphatic hydroxyl groups is 1. The molecule has 42 heavy (non-hydrogen) atoms. The second-order valence-corrected chi connectivity index (χ2v) is 10.8. The van der Waals surface area contributed by atoms with Crippen molar-refractivity contribution in [3.63, 3.8) is 0 Å². The molecule has 7 nitrogen and oxygen atoms in total. The van der Waals surface area contributed by atoms with Gasteiger partial charge in [-0.1, -0.05) is 97.4 Å².